The molecule has 1 aromatic carbocycles. The van der Waals surface area contributed by atoms with E-state index in [1.807, 2.05) is 49.1 Å². The number of nitrogens with one attached hydrogen (secondary N) is 1. The van der Waals surface area contributed by atoms with Gasteiger partial charge in [-0.1, -0.05) is 0 Å². The highest BCUT2D eigenvalue weighted by Crippen LogP contribution is 2.31. The molecule has 1 unspecified atom stereocenters. The number of nitrogens with zero attached hydrogens (tertiary/aromatic N) is 3. The summed E-state index contributed by atoms with van der Waals surface area (Å²) >= 11 is 0. The number of alkyl halides is 1. The van der Waals surface area contributed by atoms with Crippen LogP contribution in [0.25, 0.3) is 22.2 Å². The van der Waals surface area contributed by atoms with Gasteiger partial charge in [0.05, 0.1) is 18.2 Å². The predicted octanol–water partition coefficient (Wildman–Crippen LogP) is 3.96. The Kier molecular flexibility index (Phi) is 4.03. The van der Waals surface area contributed by atoms with Crippen molar-refractivity contribution >= 4 is 16.7 Å². The fraction of sp³-hybridized carbons (Fsp3) is 0.368. The van der Waals surface area contributed by atoms with Gasteiger partial charge in [0.15, 0.2) is 0 Å². The number of aromatic nitrogens is 3. The van der Waals surface area contributed by atoms with Crippen molar-refractivity contribution < 1.29 is 9.13 Å². The molecular weight excluding hydrogens is 319 g/mol. The van der Waals surface area contributed by atoms with Crippen LogP contribution in [0.1, 0.15) is 20.3 Å². The first-order chi connectivity index (χ1) is 12.1. The molecule has 0 saturated carbocycles. The Morgan fingerprint density at radius 3 is 2.92 bits per heavy atom. The summed E-state index contributed by atoms with van der Waals surface area (Å²) in [5.74, 6) is 1.61. The smallest absolute Gasteiger partial charge is 0.129 e. The zero-order chi connectivity index (χ0) is 17.4. The van der Waals surface area contributed by atoms with Crippen LogP contribution < -0.4 is 9.64 Å². The lowest BCUT2D eigenvalue weighted by molar-refractivity contribution is 0.243. The van der Waals surface area contributed by atoms with Crippen LogP contribution in [0, 0.1) is 0 Å². The number of anilines is 1. The van der Waals surface area contributed by atoms with Crippen LogP contribution in [0.4, 0.5) is 10.2 Å². The standard InChI is InChI=1S/C19H21FN4O/c1-12(2)25-15-3-4-17-16(10-15)19(23-22-17)13-5-7-21-18(9-13)24-8-6-14(20)11-24/h3-5,7,9-10,12,14H,6,8,11H2,1-2H3,(H,22,23). The van der Waals surface area contributed by atoms with E-state index in [0.29, 0.717) is 19.5 Å². The molecule has 0 spiro atoms. The molecule has 0 radical (unpaired) electrons. The molecule has 1 fully saturated rings. The average Bonchev–Trinajstić information content (AvgIpc) is 3.20. The van der Waals surface area contributed by atoms with Crippen LogP contribution in [-0.4, -0.2) is 40.5 Å². The molecule has 3 heterocycles. The van der Waals surface area contributed by atoms with Crippen molar-refractivity contribution in [2.75, 3.05) is 18.0 Å². The molecular formula is C19H21FN4O. The molecule has 1 N–H and O–H groups in total. The molecule has 3 aromatic rings. The topological polar surface area (TPSA) is 54.0 Å². The van der Waals surface area contributed by atoms with E-state index in [-0.39, 0.29) is 6.10 Å². The highest BCUT2D eigenvalue weighted by Gasteiger charge is 2.23. The van der Waals surface area contributed by atoms with Crippen molar-refractivity contribution in [1.82, 2.24) is 15.2 Å². The van der Waals surface area contributed by atoms with Crippen LogP contribution in [-0.2, 0) is 0 Å². The zero-order valence-electron chi connectivity index (χ0n) is 14.4. The van der Waals surface area contributed by atoms with E-state index in [1.54, 1.807) is 6.20 Å². The minimum absolute atomic E-state index is 0.115. The molecule has 1 aliphatic heterocycles. The van der Waals surface area contributed by atoms with E-state index in [1.165, 1.54) is 0 Å². The zero-order valence-corrected chi connectivity index (χ0v) is 14.4. The van der Waals surface area contributed by atoms with Gasteiger partial charge in [-0.25, -0.2) is 9.37 Å². The van der Waals surface area contributed by atoms with E-state index in [9.17, 15) is 4.39 Å². The molecule has 1 saturated heterocycles. The van der Waals surface area contributed by atoms with Gasteiger partial charge >= 0.3 is 0 Å². The molecule has 6 heteroatoms. The first-order valence-corrected chi connectivity index (χ1v) is 8.60. The van der Waals surface area contributed by atoms with Gasteiger partial charge in [-0.05, 0) is 50.6 Å². The third kappa shape index (κ3) is 3.16. The van der Waals surface area contributed by atoms with Gasteiger partial charge < -0.3 is 9.64 Å². The summed E-state index contributed by atoms with van der Waals surface area (Å²) in [5.41, 5.74) is 2.76. The van der Waals surface area contributed by atoms with Gasteiger partial charge in [0.1, 0.15) is 23.4 Å². The summed E-state index contributed by atoms with van der Waals surface area (Å²) < 4.78 is 19.3. The van der Waals surface area contributed by atoms with Crippen molar-refractivity contribution in [2.24, 2.45) is 0 Å². The number of ether oxygens (including phenoxy) is 1. The number of halogens is 1. The summed E-state index contributed by atoms with van der Waals surface area (Å²) in [7, 11) is 0. The van der Waals surface area contributed by atoms with Crippen molar-refractivity contribution in [3.63, 3.8) is 0 Å². The van der Waals surface area contributed by atoms with Crippen molar-refractivity contribution in [3.05, 3.63) is 36.5 Å². The number of H-pyrrole nitrogens is 1. The van der Waals surface area contributed by atoms with Gasteiger partial charge in [-0.2, -0.15) is 5.10 Å². The van der Waals surface area contributed by atoms with Gasteiger partial charge in [0, 0.05) is 23.7 Å². The van der Waals surface area contributed by atoms with E-state index >= 15 is 0 Å². The molecule has 1 aliphatic rings. The van der Waals surface area contributed by atoms with Crippen LogP contribution in [0.2, 0.25) is 0 Å². The normalized spacial score (nSPS) is 17.6. The quantitative estimate of drug-likeness (QED) is 0.781. The monoisotopic (exact) mass is 340 g/mol. The Bertz CT molecular complexity index is 892. The van der Waals surface area contributed by atoms with Gasteiger partial charge in [0.25, 0.3) is 0 Å². The van der Waals surface area contributed by atoms with E-state index in [0.717, 1.165) is 33.7 Å². The van der Waals surface area contributed by atoms with Gasteiger partial charge in [-0.3, -0.25) is 5.10 Å². The number of rotatable bonds is 4. The van der Waals surface area contributed by atoms with E-state index in [4.69, 9.17) is 4.74 Å². The maximum Gasteiger partial charge on any atom is 0.129 e. The number of benzene rings is 1. The van der Waals surface area contributed by atoms with Gasteiger partial charge in [0.2, 0.25) is 0 Å². The maximum absolute atomic E-state index is 13.5. The second-order valence-corrected chi connectivity index (χ2v) is 6.68. The summed E-state index contributed by atoms with van der Waals surface area (Å²) in [4.78, 5) is 6.38. The van der Waals surface area contributed by atoms with Gasteiger partial charge in [-0.15, -0.1) is 0 Å². The Balaban J connectivity index is 1.71. The maximum atomic E-state index is 13.5. The Hall–Kier alpha value is -2.63. The lowest BCUT2D eigenvalue weighted by Gasteiger charge is -2.16. The second kappa shape index (κ2) is 6.35. The highest BCUT2D eigenvalue weighted by atomic mass is 19.1. The third-order valence-electron chi connectivity index (χ3n) is 4.38. The number of pyridine rings is 1. The summed E-state index contributed by atoms with van der Waals surface area (Å²) in [6.45, 7) is 5.11. The Morgan fingerprint density at radius 1 is 1.28 bits per heavy atom. The fourth-order valence-corrected chi connectivity index (χ4v) is 3.22. The second-order valence-electron chi connectivity index (χ2n) is 6.68. The molecule has 0 bridgehead atoms. The highest BCUT2D eigenvalue weighted by molar-refractivity contribution is 5.94. The number of hydrogen-bond acceptors (Lipinski definition) is 4. The number of fused-ring (bicyclic) bond motifs is 1. The van der Waals surface area contributed by atoms with Crippen LogP contribution >= 0.6 is 0 Å². The molecule has 0 aliphatic carbocycles. The van der Waals surface area contributed by atoms with Crippen molar-refractivity contribution in [2.45, 2.75) is 32.5 Å². The molecule has 4 rings (SSSR count). The van der Waals surface area contributed by atoms with Crippen LogP contribution in [0.15, 0.2) is 36.5 Å². The molecule has 2 aromatic heterocycles. The lowest BCUT2D eigenvalue weighted by Crippen LogP contribution is -2.20. The SMILES string of the molecule is CC(C)Oc1ccc2[nH]nc(-c3ccnc(N4CCC(F)C4)c3)c2c1. The van der Waals surface area contributed by atoms with Crippen molar-refractivity contribution in [1.29, 1.82) is 0 Å². The minimum Gasteiger partial charge on any atom is -0.491 e. The summed E-state index contributed by atoms with van der Waals surface area (Å²) in [6, 6.07) is 9.82. The summed E-state index contributed by atoms with van der Waals surface area (Å²) in [6.07, 6.45) is 1.66. The first-order valence-electron chi connectivity index (χ1n) is 8.60. The van der Waals surface area contributed by atoms with E-state index < -0.39 is 6.17 Å². The summed E-state index contributed by atoms with van der Waals surface area (Å²) in [5, 5.41) is 8.53. The molecule has 130 valence electrons. The van der Waals surface area contributed by atoms with E-state index in [2.05, 4.69) is 15.2 Å². The molecule has 25 heavy (non-hydrogen) atoms. The third-order valence-corrected chi connectivity index (χ3v) is 4.38. The number of hydrogen-bond donors (Lipinski definition) is 1. The van der Waals surface area contributed by atoms with Crippen LogP contribution in [0.3, 0.4) is 0 Å². The minimum atomic E-state index is -0.771. The fourth-order valence-electron chi connectivity index (χ4n) is 3.22. The average molecular weight is 340 g/mol. The first kappa shape index (κ1) is 15.9. The lowest BCUT2D eigenvalue weighted by atomic mass is 10.1. The largest absolute Gasteiger partial charge is 0.491 e. The molecule has 0 amide bonds. The Morgan fingerprint density at radius 2 is 2.16 bits per heavy atom. The molecule has 5 nitrogen and oxygen atoms in total. The number of aromatic amines is 1. The van der Waals surface area contributed by atoms with Crippen molar-refractivity contribution in [3.8, 4) is 17.0 Å². The Labute approximate surface area is 145 Å². The molecule has 1 atom stereocenters. The predicted molar refractivity (Wildman–Crippen MR) is 96.8 cm³/mol. The van der Waals surface area contributed by atoms with Crippen LogP contribution in [0.5, 0.6) is 5.75 Å².